The van der Waals surface area contributed by atoms with Crippen LogP contribution in [0.4, 0.5) is 14.5 Å². The van der Waals surface area contributed by atoms with Crippen LogP contribution < -0.4 is 4.72 Å². The standard InChI is InChI=1S/C20H10Cl2F2IN3O2S/c21-12-2-3-13(22)17(8-12)31(29,30)28-16-6-4-14(23)18(19(16)24)10-1-5-15-11(7-10)9-26-20(25)27-15/h1-9,28H. The van der Waals surface area contributed by atoms with Gasteiger partial charge in [-0.05, 0) is 48.0 Å². The van der Waals surface area contributed by atoms with E-state index in [1.54, 1.807) is 6.07 Å². The maximum absolute atomic E-state index is 15.3. The smallest absolute Gasteiger partial charge is 0.263 e. The van der Waals surface area contributed by atoms with Crippen molar-refractivity contribution in [1.29, 1.82) is 0 Å². The summed E-state index contributed by atoms with van der Waals surface area (Å²) < 4.78 is 57.9. The lowest BCUT2D eigenvalue weighted by Crippen LogP contribution is -2.15. The van der Waals surface area contributed by atoms with Crippen molar-refractivity contribution >= 4 is 72.4 Å². The number of aromatic nitrogens is 2. The molecule has 4 aromatic rings. The number of hydrogen-bond donors (Lipinski definition) is 1. The summed E-state index contributed by atoms with van der Waals surface area (Å²) in [5.41, 5.74) is -0.0187. The van der Waals surface area contributed by atoms with Crippen molar-refractivity contribution in [2.24, 2.45) is 0 Å². The van der Waals surface area contributed by atoms with E-state index in [1.807, 2.05) is 22.6 Å². The predicted molar refractivity (Wildman–Crippen MR) is 125 cm³/mol. The van der Waals surface area contributed by atoms with Crippen molar-refractivity contribution in [1.82, 2.24) is 9.97 Å². The number of nitrogens with zero attached hydrogens (tertiary/aromatic N) is 2. The van der Waals surface area contributed by atoms with Gasteiger partial charge >= 0.3 is 0 Å². The second kappa shape index (κ2) is 8.45. The summed E-state index contributed by atoms with van der Waals surface area (Å²) in [6, 6.07) is 10.5. The van der Waals surface area contributed by atoms with Crippen molar-refractivity contribution in [2.45, 2.75) is 4.90 Å². The average molecular weight is 592 g/mol. The molecule has 0 fully saturated rings. The molecule has 0 atom stereocenters. The molecule has 0 radical (unpaired) electrons. The fraction of sp³-hybridized carbons (Fsp3) is 0. The van der Waals surface area contributed by atoms with Crippen LogP contribution in [-0.4, -0.2) is 18.4 Å². The first-order valence-electron chi connectivity index (χ1n) is 8.54. The van der Waals surface area contributed by atoms with Crippen molar-refractivity contribution in [3.05, 3.63) is 80.2 Å². The van der Waals surface area contributed by atoms with Gasteiger partial charge in [0.15, 0.2) is 9.65 Å². The summed E-state index contributed by atoms with van der Waals surface area (Å²) in [6.07, 6.45) is 1.54. The molecule has 1 heterocycles. The number of nitrogens with one attached hydrogen (secondary N) is 1. The van der Waals surface area contributed by atoms with E-state index in [4.69, 9.17) is 23.2 Å². The van der Waals surface area contributed by atoms with Crippen LogP contribution in [0.5, 0.6) is 0 Å². The molecule has 5 nitrogen and oxygen atoms in total. The minimum Gasteiger partial charge on any atom is -0.277 e. The van der Waals surface area contributed by atoms with E-state index in [1.165, 1.54) is 30.5 Å². The zero-order valence-electron chi connectivity index (χ0n) is 15.2. The average Bonchev–Trinajstić information content (AvgIpc) is 2.72. The highest BCUT2D eigenvalue weighted by atomic mass is 127. The molecule has 0 saturated heterocycles. The topological polar surface area (TPSA) is 72.0 Å². The number of hydrogen-bond acceptors (Lipinski definition) is 4. The Hall–Kier alpha value is -2.08. The van der Waals surface area contributed by atoms with Crippen molar-refractivity contribution in [2.75, 3.05) is 4.72 Å². The number of fused-ring (bicyclic) bond motifs is 1. The molecule has 0 amide bonds. The quantitative estimate of drug-likeness (QED) is 0.224. The highest BCUT2D eigenvalue weighted by molar-refractivity contribution is 14.1. The van der Waals surface area contributed by atoms with Crippen LogP contribution in [-0.2, 0) is 10.0 Å². The van der Waals surface area contributed by atoms with Gasteiger partial charge in [0.1, 0.15) is 10.7 Å². The molecule has 0 bridgehead atoms. The van der Waals surface area contributed by atoms with Gasteiger partial charge in [-0.15, -0.1) is 0 Å². The maximum Gasteiger partial charge on any atom is 0.263 e. The molecule has 11 heteroatoms. The first-order chi connectivity index (χ1) is 14.7. The van der Waals surface area contributed by atoms with Gasteiger partial charge in [0.05, 0.1) is 21.8 Å². The first kappa shape index (κ1) is 22.1. The summed E-state index contributed by atoms with van der Waals surface area (Å²) in [5, 5.41) is 0.621. The Kier molecular flexibility index (Phi) is 6.03. The second-order valence-corrected chi connectivity index (χ2v) is 9.84. The zero-order chi connectivity index (χ0) is 22.3. The van der Waals surface area contributed by atoms with Gasteiger partial charge in [0.25, 0.3) is 10.0 Å². The Morgan fingerprint density at radius 3 is 2.55 bits per heavy atom. The lowest BCUT2D eigenvalue weighted by Gasteiger charge is -2.14. The van der Waals surface area contributed by atoms with E-state index in [9.17, 15) is 12.8 Å². The SMILES string of the molecule is O=S(=O)(Nc1ccc(F)c(-c2ccc3nc(I)ncc3c2)c1F)c1cc(Cl)ccc1Cl. The highest BCUT2D eigenvalue weighted by Crippen LogP contribution is 2.34. The van der Waals surface area contributed by atoms with Crippen LogP contribution in [0.25, 0.3) is 22.0 Å². The molecule has 0 saturated carbocycles. The van der Waals surface area contributed by atoms with E-state index < -0.39 is 32.9 Å². The molecule has 0 aliphatic rings. The summed E-state index contributed by atoms with van der Waals surface area (Å²) in [4.78, 5) is 7.99. The molecular weight excluding hydrogens is 582 g/mol. The van der Waals surface area contributed by atoms with E-state index >= 15 is 4.39 Å². The lowest BCUT2D eigenvalue weighted by molar-refractivity contribution is 0.588. The number of sulfonamides is 1. The molecule has 158 valence electrons. The number of halogens is 5. The second-order valence-electron chi connectivity index (χ2n) is 6.38. The molecule has 1 N–H and O–H groups in total. The predicted octanol–water partition coefficient (Wildman–Crippen LogP) is 6.29. The molecule has 4 rings (SSSR count). The minimum absolute atomic E-state index is 0.0937. The Morgan fingerprint density at radius 2 is 1.77 bits per heavy atom. The molecule has 3 aromatic carbocycles. The molecule has 0 spiro atoms. The Morgan fingerprint density at radius 1 is 1.00 bits per heavy atom. The Balaban J connectivity index is 1.80. The van der Waals surface area contributed by atoms with Gasteiger partial charge in [-0.2, -0.15) is 0 Å². The monoisotopic (exact) mass is 591 g/mol. The largest absolute Gasteiger partial charge is 0.277 e. The summed E-state index contributed by atoms with van der Waals surface area (Å²) in [7, 11) is -4.29. The molecule has 31 heavy (non-hydrogen) atoms. The third-order valence-corrected chi connectivity index (χ3v) is 6.96. The van der Waals surface area contributed by atoms with Gasteiger partial charge in [-0.1, -0.05) is 29.3 Å². The van der Waals surface area contributed by atoms with Crippen LogP contribution in [0.1, 0.15) is 0 Å². The van der Waals surface area contributed by atoms with Gasteiger partial charge in [0, 0.05) is 39.2 Å². The maximum atomic E-state index is 15.3. The van der Waals surface area contributed by atoms with E-state index in [2.05, 4.69) is 14.7 Å². The normalized spacial score (nSPS) is 11.6. The van der Waals surface area contributed by atoms with Crippen LogP contribution in [0.2, 0.25) is 10.0 Å². The van der Waals surface area contributed by atoms with E-state index in [-0.39, 0.29) is 20.5 Å². The molecule has 0 aliphatic carbocycles. The van der Waals surface area contributed by atoms with Crippen LogP contribution in [0.15, 0.2) is 59.6 Å². The van der Waals surface area contributed by atoms with Crippen LogP contribution in [0.3, 0.4) is 0 Å². The Labute approximate surface area is 199 Å². The zero-order valence-corrected chi connectivity index (χ0v) is 19.7. The van der Waals surface area contributed by atoms with E-state index in [0.717, 1.165) is 18.2 Å². The third kappa shape index (κ3) is 4.45. The van der Waals surface area contributed by atoms with Gasteiger partial charge in [0.2, 0.25) is 0 Å². The fourth-order valence-electron chi connectivity index (χ4n) is 2.95. The number of benzene rings is 3. The molecule has 1 aromatic heterocycles. The van der Waals surface area contributed by atoms with Gasteiger partial charge < -0.3 is 0 Å². The van der Waals surface area contributed by atoms with E-state index in [0.29, 0.717) is 14.7 Å². The number of anilines is 1. The lowest BCUT2D eigenvalue weighted by atomic mass is 10.0. The van der Waals surface area contributed by atoms with Gasteiger partial charge in [-0.25, -0.2) is 27.2 Å². The van der Waals surface area contributed by atoms with Crippen LogP contribution in [0, 0.1) is 15.5 Å². The first-order valence-corrected chi connectivity index (χ1v) is 11.9. The summed E-state index contributed by atoms with van der Waals surface area (Å²) in [5.74, 6) is -1.93. The summed E-state index contributed by atoms with van der Waals surface area (Å²) in [6.45, 7) is 0. The van der Waals surface area contributed by atoms with Gasteiger partial charge in [-0.3, -0.25) is 4.72 Å². The molecule has 0 unspecified atom stereocenters. The number of rotatable bonds is 4. The molecular formula is C20H10Cl2F2IN3O2S. The summed E-state index contributed by atoms with van der Waals surface area (Å²) >= 11 is 13.8. The highest BCUT2D eigenvalue weighted by Gasteiger charge is 2.23. The molecule has 0 aliphatic heterocycles. The van der Waals surface area contributed by atoms with Crippen molar-refractivity contribution < 1.29 is 17.2 Å². The third-order valence-electron chi connectivity index (χ3n) is 4.36. The van der Waals surface area contributed by atoms with Crippen LogP contribution >= 0.6 is 45.8 Å². The van der Waals surface area contributed by atoms with Crippen molar-refractivity contribution in [3.8, 4) is 11.1 Å². The van der Waals surface area contributed by atoms with Crippen molar-refractivity contribution in [3.63, 3.8) is 0 Å². The minimum atomic E-state index is -4.29. The fourth-order valence-corrected chi connectivity index (χ4v) is 5.17. The Bertz CT molecular complexity index is 1450.